The molecule has 0 aliphatic carbocycles. The van der Waals surface area contributed by atoms with Gasteiger partial charge >= 0.3 is 0 Å². The fraction of sp³-hybridized carbons (Fsp3) is 0.143. The van der Waals surface area contributed by atoms with Crippen LogP contribution in [0, 0.1) is 0 Å². The number of rotatable bonds is 3. The van der Waals surface area contributed by atoms with E-state index >= 15 is 0 Å². The van der Waals surface area contributed by atoms with Gasteiger partial charge in [-0.2, -0.15) is 0 Å². The lowest BCUT2D eigenvalue weighted by Crippen LogP contribution is -2.04. The highest BCUT2D eigenvalue weighted by Crippen LogP contribution is 2.35. The Hall–Kier alpha value is -0.740. The van der Waals surface area contributed by atoms with Gasteiger partial charge in [-0.1, -0.05) is 29.3 Å². The van der Waals surface area contributed by atoms with Gasteiger partial charge in [0, 0.05) is 11.1 Å². The molecule has 2 nitrogen and oxygen atoms in total. The van der Waals surface area contributed by atoms with Crippen molar-refractivity contribution in [3.63, 3.8) is 0 Å². The van der Waals surface area contributed by atoms with Crippen LogP contribution in [0.5, 0.6) is 11.5 Å². The molecule has 0 amide bonds. The second kappa shape index (κ2) is 6.14. The van der Waals surface area contributed by atoms with E-state index in [0.717, 1.165) is 10.0 Å². The number of hydrogen-bond acceptors (Lipinski definition) is 2. The standard InChI is InChI=1S/C14H12BrCl2NO/c1-8(18)9-2-4-13(11(15)6-9)19-14-5-3-10(16)7-12(14)17/h2-8H,18H2,1H3/t8-/m0/s1. The van der Waals surface area contributed by atoms with Crippen molar-refractivity contribution in [2.24, 2.45) is 5.73 Å². The number of halogens is 3. The maximum Gasteiger partial charge on any atom is 0.146 e. The van der Waals surface area contributed by atoms with Gasteiger partial charge in [-0.05, 0) is 58.7 Å². The summed E-state index contributed by atoms with van der Waals surface area (Å²) < 4.78 is 6.58. The van der Waals surface area contributed by atoms with Crippen molar-refractivity contribution in [2.45, 2.75) is 13.0 Å². The number of hydrogen-bond donors (Lipinski definition) is 1. The summed E-state index contributed by atoms with van der Waals surface area (Å²) in [4.78, 5) is 0. The molecule has 0 radical (unpaired) electrons. The second-order valence-electron chi connectivity index (χ2n) is 4.16. The Labute approximate surface area is 130 Å². The summed E-state index contributed by atoms with van der Waals surface area (Å²) in [6.45, 7) is 1.93. The lowest BCUT2D eigenvalue weighted by atomic mass is 10.1. The van der Waals surface area contributed by atoms with Crippen LogP contribution < -0.4 is 10.5 Å². The average Bonchev–Trinajstić information content (AvgIpc) is 2.34. The van der Waals surface area contributed by atoms with Crippen LogP contribution in [0.2, 0.25) is 10.0 Å². The molecule has 0 spiro atoms. The normalized spacial score (nSPS) is 12.3. The van der Waals surface area contributed by atoms with Crippen LogP contribution in [0.3, 0.4) is 0 Å². The Morgan fingerprint density at radius 2 is 1.79 bits per heavy atom. The summed E-state index contributed by atoms with van der Waals surface area (Å²) in [7, 11) is 0. The van der Waals surface area contributed by atoms with E-state index in [-0.39, 0.29) is 6.04 Å². The Kier molecular flexibility index (Phi) is 4.74. The van der Waals surface area contributed by atoms with E-state index in [1.807, 2.05) is 25.1 Å². The van der Waals surface area contributed by atoms with Gasteiger partial charge in [0.25, 0.3) is 0 Å². The summed E-state index contributed by atoms with van der Waals surface area (Å²) in [5, 5.41) is 1.04. The molecule has 0 heterocycles. The van der Waals surface area contributed by atoms with Crippen molar-refractivity contribution in [2.75, 3.05) is 0 Å². The van der Waals surface area contributed by atoms with Crippen molar-refractivity contribution in [3.8, 4) is 11.5 Å². The topological polar surface area (TPSA) is 35.2 Å². The molecule has 19 heavy (non-hydrogen) atoms. The predicted molar refractivity (Wildman–Crippen MR) is 83.3 cm³/mol. The van der Waals surface area contributed by atoms with E-state index in [0.29, 0.717) is 21.5 Å². The summed E-state index contributed by atoms with van der Waals surface area (Å²) >= 11 is 15.4. The number of ether oxygens (including phenoxy) is 1. The minimum Gasteiger partial charge on any atom is -0.455 e. The highest BCUT2D eigenvalue weighted by atomic mass is 79.9. The van der Waals surface area contributed by atoms with Crippen LogP contribution >= 0.6 is 39.1 Å². The van der Waals surface area contributed by atoms with Crippen molar-refractivity contribution in [3.05, 3.63) is 56.5 Å². The third-order valence-electron chi connectivity index (χ3n) is 2.60. The summed E-state index contributed by atoms with van der Waals surface area (Å²) in [5.41, 5.74) is 6.86. The molecule has 1 atom stereocenters. The van der Waals surface area contributed by atoms with Gasteiger partial charge in [0.05, 0.1) is 9.50 Å². The van der Waals surface area contributed by atoms with E-state index in [1.54, 1.807) is 18.2 Å². The molecule has 2 N–H and O–H groups in total. The van der Waals surface area contributed by atoms with Crippen molar-refractivity contribution in [1.29, 1.82) is 0 Å². The Bertz CT molecular complexity index is 602. The molecule has 0 aliphatic rings. The largest absolute Gasteiger partial charge is 0.455 e. The van der Waals surface area contributed by atoms with Gasteiger partial charge in [0.1, 0.15) is 11.5 Å². The lowest BCUT2D eigenvalue weighted by Gasteiger charge is -2.12. The molecule has 2 rings (SSSR count). The molecule has 0 fully saturated rings. The first-order chi connectivity index (χ1) is 8.97. The summed E-state index contributed by atoms with van der Waals surface area (Å²) in [6, 6.07) is 10.8. The number of benzene rings is 2. The quantitative estimate of drug-likeness (QED) is 0.776. The minimum absolute atomic E-state index is 0.0236. The lowest BCUT2D eigenvalue weighted by molar-refractivity contribution is 0.479. The highest BCUT2D eigenvalue weighted by molar-refractivity contribution is 9.10. The first kappa shape index (κ1) is 14.7. The van der Waals surface area contributed by atoms with E-state index in [4.69, 9.17) is 33.7 Å². The molecule has 2 aromatic carbocycles. The maximum absolute atomic E-state index is 6.07. The fourth-order valence-corrected chi connectivity index (χ4v) is 2.48. The summed E-state index contributed by atoms with van der Waals surface area (Å²) in [5.74, 6) is 1.23. The zero-order chi connectivity index (χ0) is 14.0. The van der Waals surface area contributed by atoms with Gasteiger partial charge in [0.15, 0.2) is 0 Å². The van der Waals surface area contributed by atoms with Crippen LogP contribution in [0.4, 0.5) is 0 Å². The van der Waals surface area contributed by atoms with Gasteiger partial charge in [-0.25, -0.2) is 0 Å². The zero-order valence-corrected chi connectivity index (χ0v) is 13.3. The van der Waals surface area contributed by atoms with Crippen LogP contribution in [-0.2, 0) is 0 Å². The Morgan fingerprint density at radius 3 is 2.37 bits per heavy atom. The van der Waals surface area contributed by atoms with Crippen LogP contribution in [-0.4, -0.2) is 0 Å². The smallest absolute Gasteiger partial charge is 0.146 e. The molecule has 0 aliphatic heterocycles. The van der Waals surface area contributed by atoms with E-state index < -0.39 is 0 Å². The first-order valence-corrected chi connectivity index (χ1v) is 7.20. The van der Waals surface area contributed by atoms with Crippen LogP contribution in [0.15, 0.2) is 40.9 Å². The van der Waals surface area contributed by atoms with E-state index in [2.05, 4.69) is 15.9 Å². The molecule has 0 saturated carbocycles. The molecule has 2 aromatic rings. The van der Waals surface area contributed by atoms with Crippen molar-refractivity contribution >= 4 is 39.1 Å². The maximum atomic E-state index is 6.07. The van der Waals surface area contributed by atoms with E-state index in [1.165, 1.54) is 0 Å². The molecule has 0 aromatic heterocycles. The highest BCUT2D eigenvalue weighted by Gasteiger charge is 2.09. The summed E-state index contributed by atoms with van der Waals surface area (Å²) in [6.07, 6.45) is 0. The molecule has 5 heteroatoms. The van der Waals surface area contributed by atoms with Crippen LogP contribution in [0.1, 0.15) is 18.5 Å². The van der Waals surface area contributed by atoms with E-state index in [9.17, 15) is 0 Å². The van der Waals surface area contributed by atoms with Crippen molar-refractivity contribution < 1.29 is 4.74 Å². The SMILES string of the molecule is C[C@H](N)c1ccc(Oc2ccc(Cl)cc2Cl)c(Br)c1. The molecular weight excluding hydrogens is 349 g/mol. The Balaban J connectivity index is 2.28. The second-order valence-corrected chi connectivity index (χ2v) is 5.85. The Morgan fingerprint density at radius 1 is 1.11 bits per heavy atom. The minimum atomic E-state index is -0.0236. The third-order valence-corrected chi connectivity index (χ3v) is 3.75. The first-order valence-electron chi connectivity index (χ1n) is 5.65. The fourth-order valence-electron chi connectivity index (χ4n) is 1.56. The van der Waals surface area contributed by atoms with Crippen LogP contribution in [0.25, 0.3) is 0 Å². The molecule has 100 valence electrons. The van der Waals surface area contributed by atoms with Crippen molar-refractivity contribution in [1.82, 2.24) is 0 Å². The molecular formula is C14H12BrCl2NO. The zero-order valence-electron chi connectivity index (χ0n) is 10.2. The van der Waals surface area contributed by atoms with Gasteiger partial charge < -0.3 is 10.5 Å². The van der Waals surface area contributed by atoms with Gasteiger partial charge in [-0.15, -0.1) is 0 Å². The third kappa shape index (κ3) is 3.63. The monoisotopic (exact) mass is 359 g/mol. The molecule has 0 bridgehead atoms. The predicted octanol–water partition coefficient (Wildman–Crippen LogP) is 5.57. The molecule has 0 unspecified atom stereocenters. The van der Waals surface area contributed by atoms with Gasteiger partial charge in [0.2, 0.25) is 0 Å². The average molecular weight is 361 g/mol. The van der Waals surface area contributed by atoms with Gasteiger partial charge in [-0.3, -0.25) is 0 Å². The molecule has 0 saturated heterocycles. The number of nitrogens with two attached hydrogens (primary N) is 1.